The number of thiophene rings is 1. The summed E-state index contributed by atoms with van der Waals surface area (Å²) in [5.41, 5.74) is 9.58. The van der Waals surface area contributed by atoms with Gasteiger partial charge in [0, 0.05) is 29.2 Å². The molecule has 1 saturated heterocycles. The number of anilines is 1. The second-order valence-electron chi connectivity index (χ2n) is 8.35. The first-order chi connectivity index (χ1) is 16.9. The standard InChI is InChI=1S/C24H26N6O4S/c1-4-34-10-14-18(17-9-13-7-12(2)8-16(33-3)21(13)35-17)20-22(25)27-11-28-30(20)19(14)24(32)29-15-5-6-26-23(15)31/h7-9,11,15H,4-6,10H2,1-3H3,(H,26,31)(H,29,32)(H2,25,27,28). The summed E-state index contributed by atoms with van der Waals surface area (Å²) in [6.07, 6.45) is 1.83. The Balaban J connectivity index is 1.75. The molecule has 1 atom stereocenters. The highest BCUT2D eigenvalue weighted by atomic mass is 32.1. The number of carbonyl (C=O) groups is 2. The Morgan fingerprint density at radius 2 is 2.20 bits per heavy atom. The molecule has 10 nitrogen and oxygen atoms in total. The van der Waals surface area contributed by atoms with Gasteiger partial charge in [0.05, 0.1) is 18.4 Å². The number of nitrogens with one attached hydrogen (secondary N) is 2. The van der Waals surface area contributed by atoms with Crippen LogP contribution in [-0.4, -0.2) is 52.7 Å². The van der Waals surface area contributed by atoms with E-state index in [9.17, 15) is 9.59 Å². The van der Waals surface area contributed by atoms with Gasteiger partial charge in [-0.3, -0.25) is 9.59 Å². The monoisotopic (exact) mass is 494 g/mol. The Hall–Kier alpha value is -3.70. The highest BCUT2D eigenvalue weighted by Crippen LogP contribution is 2.44. The molecule has 3 aromatic heterocycles. The lowest BCUT2D eigenvalue weighted by atomic mass is 10.1. The highest BCUT2D eigenvalue weighted by molar-refractivity contribution is 7.22. The van der Waals surface area contributed by atoms with Crippen molar-refractivity contribution < 1.29 is 19.1 Å². The van der Waals surface area contributed by atoms with Gasteiger partial charge in [0.2, 0.25) is 5.91 Å². The van der Waals surface area contributed by atoms with E-state index >= 15 is 0 Å². The van der Waals surface area contributed by atoms with E-state index < -0.39 is 11.9 Å². The fourth-order valence-corrected chi connectivity index (χ4v) is 5.71. The number of hydrogen-bond donors (Lipinski definition) is 3. The third-order valence-corrected chi connectivity index (χ3v) is 7.25. The van der Waals surface area contributed by atoms with Gasteiger partial charge in [-0.25, -0.2) is 9.50 Å². The quantitative estimate of drug-likeness (QED) is 0.360. The summed E-state index contributed by atoms with van der Waals surface area (Å²) in [5, 5.41) is 11.0. The SMILES string of the molecule is CCOCc1c(-c2cc3cc(C)cc(OC)c3s2)c2c(N)ncnn2c1C(=O)NC1CCNC1=O. The Morgan fingerprint density at radius 1 is 1.37 bits per heavy atom. The van der Waals surface area contributed by atoms with E-state index in [1.165, 1.54) is 22.2 Å². The molecule has 1 fully saturated rings. The third kappa shape index (κ3) is 3.96. The maximum Gasteiger partial charge on any atom is 0.271 e. The topological polar surface area (TPSA) is 133 Å². The first-order valence-corrected chi connectivity index (χ1v) is 12.1. The predicted molar refractivity (Wildman–Crippen MR) is 134 cm³/mol. The van der Waals surface area contributed by atoms with Crippen molar-refractivity contribution in [1.29, 1.82) is 0 Å². The number of aromatic nitrogens is 3. The molecular weight excluding hydrogens is 468 g/mol. The van der Waals surface area contributed by atoms with Crippen LogP contribution in [0, 0.1) is 6.92 Å². The summed E-state index contributed by atoms with van der Waals surface area (Å²) in [4.78, 5) is 30.7. The van der Waals surface area contributed by atoms with Crippen LogP contribution in [0.5, 0.6) is 5.75 Å². The molecule has 1 aromatic carbocycles. The van der Waals surface area contributed by atoms with Crippen LogP contribution in [0.25, 0.3) is 26.0 Å². The van der Waals surface area contributed by atoms with Gasteiger partial charge in [0.1, 0.15) is 29.3 Å². The summed E-state index contributed by atoms with van der Waals surface area (Å²) < 4.78 is 13.9. The van der Waals surface area contributed by atoms with Gasteiger partial charge in [-0.15, -0.1) is 11.3 Å². The summed E-state index contributed by atoms with van der Waals surface area (Å²) in [6.45, 7) is 5.05. The number of ether oxygens (including phenoxy) is 2. The van der Waals surface area contributed by atoms with Gasteiger partial charge >= 0.3 is 0 Å². The van der Waals surface area contributed by atoms with Crippen molar-refractivity contribution in [3.05, 3.63) is 41.3 Å². The number of rotatable bonds is 7. The van der Waals surface area contributed by atoms with Gasteiger partial charge in [0.15, 0.2) is 5.82 Å². The van der Waals surface area contributed by atoms with Crippen molar-refractivity contribution in [3.8, 4) is 16.2 Å². The number of fused-ring (bicyclic) bond motifs is 2. The number of carbonyl (C=O) groups excluding carboxylic acids is 2. The van der Waals surface area contributed by atoms with E-state index in [4.69, 9.17) is 15.2 Å². The Morgan fingerprint density at radius 3 is 2.91 bits per heavy atom. The predicted octanol–water partition coefficient (Wildman–Crippen LogP) is 2.67. The molecule has 4 N–H and O–H groups in total. The lowest BCUT2D eigenvalue weighted by molar-refractivity contribution is -0.120. The van der Waals surface area contributed by atoms with Gasteiger partial charge in [-0.05, 0) is 43.4 Å². The molecule has 0 spiro atoms. The molecule has 1 aliphatic heterocycles. The first kappa shape index (κ1) is 23.1. The average Bonchev–Trinajstić information content (AvgIpc) is 3.52. The van der Waals surface area contributed by atoms with Gasteiger partial charge in [-0.1, -0.05) is 6.07 Å². The maximum absolute atomic E-state index is 13.5. The zero-order chi connectivity index (χ0) is 24.7. The second-order valence-corrected chi connectivity index (χ2v) is 9.40. The van der Waals surface area contributed by atoms with Crippen LogP contribution < -0.4 is 21.1 Å². The highest BCUT2D eigenvalue weighted by Gasteiger charge is 2.32. The maximum atomic E-state index is 13.5. The number of methoxy groups -OCH3 is 1. The normalized spacial score (nSPS) is 15.6. The number of hydrogen-bond acceptors (Lipinski definition) is 8. The van der Waals surface area contributed by atoms with Crippen LogP contribution >= 0.6 is 11.3 Å². The fourth-order valence-electron chi connectivity index (χ4n) is 4.50. The molecule has 2 amide bonds. The summed E-state index contributed by atoms with van der Waals surface area (Å²) in [5.74, 6) is 0.397. The summed E-state index contributed by atoms with van der Waals surface area (Å²) >= 11 is 1.54. The van der Waals surface area contributed by atoms with Crippen LogP contribution in [-0.2, 0) is 16.1 Å². The van der Waals surface area contributed by atoms with E-state index in [-0.39, 0.29) is 24.0 Å². The first-order valence-electron chi connectivity index (χ1n) is 11.3. The minimum atomic E-state index is -0.604. The van der Waals surface area contributed by atoms with E-state index in [2.05, 4.69) is 32.8 Å². The molecule has 0 saturated carbocycles. The number of nitrogens with zero attached hydrogens (tertiary/aromatic N) is 3. The van der Waals surface area contributed by atoms with Crippen molar-refractivity contribution >= 4 is 44.6 Å². The van der Waals surface area contributed by atoms with Crippen LogP contribution in [0.15, 0.2) is 24.5 Å². The molecule has 1 aliphatic rings. The molecular formula is C24H26N6O4S. The average molecular weight is 495 g/mol. The largest absolute Gasteiger partial charge is 0.495 e. The minimum Gasteiger partial charge on any atom is -0.495 e. The molecule has 182 valence electrons. The number of nitrogen functional groups attached to an aromatic ring is 1. The molecule has 35 heavy (non-hydrogen) atoms. The van der Waals surface area contributed by atoms with Gasteiger partial charge in [0.25, 0.3) is 5.91 Å². The summed E-state index contributed by atoms with van der Waals surface area (Å²) in [6, 6.07) is 5.53. The van der Waals surface area contributed by atoms with Crippen LogP contribution in [0.3, 0.4) is 0 Å². The van der Waals surface area contributed by atoms with Gasteiger partial charge in [-0.2, -0.15) is 5.10 Å². The van der Waals surface area contributed by atoms with Crippen molar-refractivity contribution in [3.63, 3.8) is 0 Å². The lowest BCUT2D eigenvalue weighted by Gasteiger charge is -2.11. The zero-order valence-electron chi connectivity index (χ0n) is 19.7. The zero-order valence-corrected chi connectivity index (χ0v) is 20.5. The van der Waals surface area contributed by atoms with E-state index in [0.29, 0.717) is 30.7 Å². The Labute approximate surface area is 205 Å². The molecule has 4 heterocycles. The molecule has 0 radical (unpaired) electrons. The minimum absolute atomic E-state index is 0.165. The van der Waals surface area contributed by atoms with E-state index in [1.807, 2.05) is 19.9 Å². The fraction of sp³-hybridized carbons (Fsp3) is 0.333. The van der Waals surface area contributed by atoms with E-state index in [1.54, 1.807) is 7.11 Å². The number of benzene rings is 1. The van der Waals surface area contributed by atoms with Gasteiger partial charge < -0.3 is 25.8 Å². The Kier molecular flexibility index (Phi) is 6.03. The molecule has 0 bridgehead atoms. The molecule has 1 unspecified atom stereocenters. The van der Waals surface area contributed by atoms with E-state index in [0.717, 1.165) is 31.8 Å². The van der Waals surface area contributed by atoms with Crippen molar-refractivity contribution in [2.75, 3.05) is 26.0 Å². The number of nitrogens with two attached hydrogens (primary N) is 1. The molecule has 5 rings (SSSR count). The number of amides is 2. The lowest BCUT2D eigenvalue weighted by Crippen LogP contribution is -2.41. The molecule has 11 heteroatoms. The van der Waals surface area contributed by atoms with Crippen molar-refractivity contribution in [2.24, 2.45) is 0 Å². The van der Waals surface area contributed by atoms with Crippen molar-refractivity contribution in [1.82, 2.24) is 25.2 Å². The van der Waals surface area contributed by atoms with Crippen LogP contribution in [0.2, 0.25) is 0 Å². The van der Waals surface area contributed by atoms with Crippen LogP contribution in [0.1, 0.15) is 35.0 Å². The summed E-state index contributed by atoms with van der Waals surface area (Å²) in [7, 11) is 1.65. The van der Waals surface area contributed by atoms with Crippen molar-refractivity contribution in [2.45, 2.75) is 32.9 Å². The molecule has 0 aliphatic carbocycles. The Bertz CT molecular complexity index is 1460. The third-order valence-electron chi connectivity index (χ3n) is 6.07. The smallest absolute Gasteiger partial charge is 0.271 e. The number of aryl methyl sites for hydroxylation is 1. The van der Waals surface area contributed by atoms with Crippen LogP contribution in [0.4, 0.5) is 5.82 Å². The molecule has 4 aromatic rings. The second kappa shape index (κ2) is 9.16.